The summed E-state index contributed by atoms with van der Waals surface area (Å²) in [6.07, 6.45) is 4.88. The molecular formula is C15H10N8O2. The SMILES string of the molecule is O=C(O)c1[nH]nnc1-c1ccc(-c2cnc(-c3c[nH]nn3)cn2)cc1. The van der Waals surface area contributed by atoms with Crippen molar-refractivity contribution in [3.8, 4) is 33.9 Å². The van der Waals surface area contributed by atoms with Gasteiger partial charge in [-0.1, -0.05) is 34.7 Å². The number of carboxylic acid groups (broad SMARTS) is 1. The van der Waals surface area contributed by atoms with Gasteiger partial charge in [0, 0.05) is 11.1 Å². The summed E-state index contributed by atoms with van der Waals surface area (Å²) in [5.41, 5.74) is 3.61. The fraction of sp³-hybridized carbons (Fsp3) is 0. The van der Waals surface area contributed by atoms with E-state index < -0.39 is 5.97 Å². The predicted octanol–water partition coefficient (Wildman–Crippen LogP) is 1.41. The van der Waals surface area contributed by atoms with Crippen LogP contribution >= 0.6 is 0 Å². The molecule has 0 saturated heterocycles. The van der Waals surface area contributed by atoms with Gasteiger partial charge in [0.25, 0.3) is 0 Å². The van der Waals surface area contributed by atoms with Gasteiger partial charge >= 0.3 is 5.97 Å². The first-order chi connectivity index (χ1) is 12.2. The van der Waals surface area contributed by atoms with Crippen molar-refractivity contribution >= 4 is 5.97 Å². The van der Waals surface area contributed by atoms with Crippen LogP contribution in [0.2, 0.25) is 0 Å². The lowest BCUT2D eigenvalue weighted by Gasteiger charge is -2.03. The highest BCUT2D eigenvalue weighted by Crippen LogP contribution is 2.24. The minimum Gasteiger partial charge on any atom is -0.476 e. The first-order valence-electron chi connectivity index (χ1n) is 7.16. The summed E-state index contributed by atoms with van der Waals surface area (Å²) < 4.78 is 0. The van der Waals surface area contributed by atoms with E-state index in [0.29, 0.717) is 22.6 Å². The van der Waals surface area contributed by atoms with Gasteiger partial charge in [0.1, 0.15) is 17.1 Å². The number of hydrogen-bond acceptors (Lipinski definition) is 7. The molecule has 0 spiro atoms. The van der Waals surface area contributed by atoms with Gasteiger partial charge in [0.15, 0.2) is 5.69 Å². The number of aromatic nitrogens is 8. The van der Waals surface area contributed by atoms with Crippen molar-refractivity contribution in [2.24, 2.45) is 0 Å². The van der Waals surface area contributed by atoms with Crippen molar-refractivity contribution in [2.45, 2.75) is 0 Å². The van der Waals surface area contributed by atoms with Gasteiger partial charge in [-0.3, -0.25) is 20.2 Å². The minimum atomic E-state index is -1.11. The summed E-state index contributed by atoms with van der Waals surface area (Å²) >= 11 is 0. The normalized spacial score (nSPS) is 10.7. The second kappa shape index (κ2) is 5.92. The quantitative estimate of drug-likeness (QED) is 0.507. The Morgan fingerprint density at radius 3 is 2.24 bits per heavy atom. The number of nitrogens with zero attached hydrogens (tertiary/aromatic N) is 6. The fourth-order valence-corrected chi connectivity index (χ4v) is 2.31. The summed E-state index contributed by atoms with van der Waals surface area (Å²) in [7, 11) is 0. The van der Waals surface area contributed by atoms with E-state index in [1.807, 2.05) is 12.1 Å². The Morgan fingerprint density at radius 2 is 1.60 bits per heavy atom. The number of aromatic amines is 2. The van der Waals surface area contributed by atoms with Gasteiger partial charge in [-0.25, -0.2) is 4.79 Å². The maximum absolute atomic E-state index is 11.1. The Kier molecular flexibility index (Phi) is 3.47. The van der Waals surface area contributed by atoms with Crippen molar-refractivity contribution in [2.75, 3.05) is 0 Å². The number of carbonyl (C=O) groups is 1. The molecule has 0 aliphatic rings. The molecule has 4 rings (SSSR count). The van der Waals surface area contributed by atoms with E-state index in [9.17, 15) is 4.79 Å². The number of rotatable bonds is 4. The standard InChI is InChI=1S/C15H10N8O2/c24-15(25)14-13(20-23-21-14)9-3-1-8(2-4-9)10-5-17-11(6-16-10)12-7-18-22-19-12/h1-7H,(H,24,25)(H,18,19,22)(H,20,21,23). The zero-order valence-corrected chi connectivity index (χ0v) is 12.6. The van der Waals surface area contributed by atoms with Gasteiger partial charge in [-0.2, -0.15) is 0 Å². The highest BCUT2D eigenvalue weighted by atomic mass is 16.4. The molecule has 4 aromatic rings. The van der Waals surface area contributed by atoms with E-state index in [-0.39, 0.29) is 11.4 Å². The van der Waals surface area contributed by atoms with E-state index in [1.54, 1.807) is 30.7 Å². The van der Waals surface area contributed by atoms with Gasteiger partial charge in [0.2, 0.25) is 0 Å². The third-order valence-corrected chi connectivity index (χ3v) is 3.55. The molecule has 0 aliphatic heterocycles. The van der Waals surface area contributed by atoms with E-state index in [0.717, 1.165) is 5.56 Å². The first kappa shape index (κ1) is 14.6. The molecule has 0 bridgehead atoms. The van der Waals surface area contributed by atoms with Crippen LogP contribution in [0.1, 0.15) is 10.5 Å². The van der Waals surface area contributed by atoms with Crippen LogP contribution in [0.5, 0.6) is 0 Å². The van der Waals surface area contributed by atoms with Gasteiger partial charge < -0.3 is 5.11 Å². The zero-order valence-electron chi connectivity index (χ0n) is 12.6. The van der Waals surface area contributed by atoms with Crippen LogP contribution in [0.4, 0.5) is 0 Å². The monoisotopic (exact) mass is 334 g/mol. The summed E-state index contributed by atoms with van der Waals surface area (Å²) in [5, 5.41) is 29.0. The summed E-state index contributed by atoms with van der Waals surface area (Å²) in [6.45, 7) is 0. The van der Waals surface area contributed by atoms with Crippen molar-refractivity contribution in [1.29, 1.82) is 0 Å². The Hall–Kier alpha value is -3.95. The predicted molar refractivity (Wildman–Crippen MR) is 85.2 cm³/mol. The highest BCUT2D eigenvalue weighted by molar-refractivity contribution is 5.92. The van der Waals surface area contributed by atoms with Crippen LogP contribution in [0.3, 0.4) is 0 Å². The lowest BCUT2D eigenvalue weighted by atomic mass is 10.1. The molecular weight excluding hydrogens is 324 g/mol. The second-order valence-electron chi connectivity index (χ2n) is 5.06. The maximum Gasteiger partial charge on any atom is 0.356 e. The zero-order chi connectivity index (χ0) is 17.2. The van der Waals surface area contributed by atoms with Gasteiger partial charge in [0.05, 0.1) is 24.3 Å². The third-order valence-electron chi connectivity index (χ3n) is 3.55. The van der Waals surface area contributed by atoms with Crippen molar-refractivity contribution in [3.05, 3.63) is 48.5 Å². The average Bonchev–Trinajstić information content (AvgIpc) is 3.34. The molecule has 3 aromatic heterocycles. The third kappa shape index (κ3) is 2.72. The first-order valence-corrected chi connectivity index (χ1v) is 7.16. The average molecular weight is 334 g/mol. The highest BCUT2D eigenvalue weighted by Gasteiger charge is 2.16. The number of nitrogens with one attached hydrogen (secondary N) is 2. The Morgan fingerprint density at radius 1 is 0.880 bits per heavy atom. The van der Waals surface area contributed by atoms with Gasteiger partial charge in [-0.15, -0.1) is 10.2 Å². The van der Waals surface area contributed by atoms with Gasteiger partial charge in [-0.05, 0) is 0 Å². The van der Waals surface area contributed by atoms with Crippen LogP contribution in [-0.2, 0) is 0 Å². The molecule has 3 heterocycles. The Balaban J connectivity index is 1.62. The van der Waals surface area contributed by atoms with Crippen molar-refractivity contribution < 1.29 is 9.90 Å². The number of aromatic carboxylic acids is 1. The smallest absolute Gasteiger partial charge is 0.356 e. The molecule has 0 fully saturated rings. The molecule has 10 nitrogen and oxygen atoms in total. The molecule has 0 amide bonds. The van der Waals surface area contributed by atoms with Crippen molar-refractivity contribution in [3.63, 3.8) is 0 Å². The number of hydrogen-bond donors (Lipinski definition) is 3. The summed E-state index contributed by atoms with van der Waals surface area (Å²) in [6, 6.07) is 7.14. The van der Waals surface area contributed by atoms with E-state index >= 15 is 0 Å². The molecule has 0 radical (unpaired) electrons. The molecule has 1 aromatic carbocycles. The van der Waals surface area contributed by atoms with E-state index in [2.05, 4.69) is 40.8 Å². The number of carboxylic acids is 1. The van der Waals surface area contributed by atoms with Crippen molar-refractivity contribution in [1.82, 2.24) is 40.8 Å². The fourth-order valence-electron chi connectivity index (χ4n) is 2.31. The largest absolute Gasteiger partial charge is 0.476 e. The molecule has 122 valence electrons. The van der Waals surface area contributed by atoms with Crippen LogP contribution in [0.15, 0.2) is 42.9 Å². The lowest BCUT2D eigenvalue weighted by molar-refractivity contribution is 0.0691. The summed E-state index contributed by atoms with van der Waals surface area (Å²) in [5.74, 6) is -1.11. The summed E-state index contributed by atoms with van der Waals surface area (Å²) in [4.78, 5) is 19.8. The van der Waals surface area contributed by atoms with Crippen LogP contribution in [0.25, 0.3) is 33.9 Å². The van der Waals surface area contributed by atoms with Crippen LogP contribution in [0, 0.1) is 0 Å². The Bertz CT molecular complexity index is 1010. The maximum atomic E-state index is 11.1. The molecule has 0 atom stereocenters. The second-order valence-corrected chi connectivity index (χ2v) is 5.06. The number of H-pyrrole nitrogens is 2. The topological polar surface area (TPSA) is 146 Å². The molecule has 25 heavy (non-hydrogen) atoms. The lowest BCUT2D eigenvalue weighted by Crippen LogP contribution is -1.99. The molecule has 0 saturated carbocycles. The number of benzene rings is 1. The van der Waals surface area contributed by atoms with Crippen LogP contribution < -0.4 is 0 Å². The Labute approximate surface area is 140 Å². The van der Waals surface area contributed by atoms with E-state index in [4.69, 9.17) is 5.11 Å². The van der Waals surface area contributed by atoms with E-state index in [1.165, 1.54) is 0 Å². The van der Waals surface area contributed by atoms with Crippen LogP contribution in [-0.4, -0.2) is 51.9 Å². The molecule has 0 unspecified atom stereocenters. The molecule has 10 heteroatoms. The molecule has 0 aliphatic carbocycles. The molecule has 3 N–H and O–H groups in total. The minimum absolute atomic E-state index is 0.0514.